The quantitative estimate of drug-likeness (QED) is 0.233. The fourth-order valence-corrected chi connectivity index (χ4v) is 4.62. The van der Waals surface area contributed by atoms with Crippen LogP contribution >= 0.6 is 11.6 Å². The average molecular weight is 534 g/mol. The molecule has 198 valence electrons. The Morgan fingerprint density at radius 3 is 2.42 bits per heavy atom. The number of carboxylic acids is 1. The van der Waals surface area contributed by atoms with Crippen molar-refractivity contribution in [2.75, 3.05) is 0 Å². The van der Waals surface area contributed by atoms with Crippen LogP contribution in [0.5, 0.6) is 5.75 Å². The molecule has 0 saturated heterocycles. The maximum atomic E-state index is 13.5. The summed E-state index contributed by atoms with van der Waals surface area (Å²) >= 11 is 6.37. The zero-order valence-electron chi connectivity index (χ0n) is 21.6. The minimum Gasteiger partial charge on any atom is -0.478 e. The Bertz CT molecular complexity index is 1450. The number of ether oxygens (including phenoxy) is 1. The number of aromatic nitrogens is 3. The normalized spacial score (nSPS) is 11.9. The number of benzene rings is 3. The van der Waals surface area contributed by atoms with Crippen LogP contribution in [-0.4, -0.2) is 25.4 Å². The van der Waals surface area contributed by atoms with Crippen LogP contribution in [0, 0.1) is 0 Å². The summed E-state index contributed by atoms with van der Waals surface area (Å²) in [7, 11) is 0. The first-order valence-corrected chi connectivity index (χ1v) is 13.3. The Morgan fingerprint density at radius 2 is 1.74 bits per heavy atom. The highest BCUT2D eigenvalue weighted by Gasteiger charge is 2.23. The van der Waals surface area contributed by atoms with E-state index in [0.717, 1.165) is 30.4 Å². The Labute approximate surface area is 227 Å². The Kier molecular flexibility index (Phi) is 9.02. The van der Waals surface area contributed by atoms with E-state index in [1.807, 2.05) is 30.3 Å². The van der Waals surface area contributed by atoms with Crippen LogP contribution in [-0.2, 0) is 24.2 Å². The van der Waals surface area contributed by atoms with Crippen LogP contribution in [0.25, 0.3) is 5.69 Å². The molecule has 0 saturated carbocycles. The van der Waals surface area contributed by atoms with E-state index in [2.05, 4.69) is 18.9 Å². The maximum Gasteiger partial charge on any atom is 0.351 e. The molecular weight excluding hydrogens is 502 g/mol. The van der Waals surface area contributed by atoms with Gasteiger partial charge >= 0.3 is 11.7 Å². The number of carboxylic acid groups (broad SMARTS) is 1. The number of aliphatic carboxylic acids is 1. The summed E-state index contributed by atoms with van der Waals surface area (Å²) in [5, 5.41) is 14.9. The number of unbranched alkanes of at least 4 members (excludes halogenated alkanes) is 1. The molecule has 0 aliphatic heterocycles. The fraction of sp³-hybridized carbons (Fsp3) is 0.300. The molecule has 0 spiro atoms. The molecule has 1 atom stereocenters. The van der Waals surface area contributed by atoms with E-state index in [0.29, 0.717) is 47.2 Å². The number of nitrogens with zero attached hydrogens (tertiary/aromatic N) is 3. The van der Waals surface area contributed by atoms with Gasteiger partial charge in [0, 0.05) is 12.0 Å². The third kappa shape index (κ3) is 6.17. The van der Waals surface area contributed by atoms with Crippen LogP contribution in [0.15, 0.2) is 77.6 Å². The van der Waals surface area contributed by atoms with Gasteiger partial charge in [-0.15, -0.1) is 5.10 Å². The van der Waals surface area contributed by atoms with Gasteiger partial charge in [-0.2, -0.15) is 4.68 Å². The predicted octanol–water partition coefficient (Wildman–Crippen LogP) is 6.24. The van der Waals surface area contributed by atoms with E-state index >= 15 is 0 Å². The van der Waals surface area contributed by atoms with Gasteiger partial charge in [-0.1, -0.05) is 92.9 Å². The van der Waals surface area contributed by atoms with Crippen LogP contribution < -0.4 is 10.4 Å². The second-order valence-corrected chi connectivity index (χ2v) is 9.60. The SMILES string of the molecule is CCCCc1nn(-c2ccccc2Cl)c(=O)n1Cc1ccc(OC(C(=O)O)c2ccccc2)c(CCC)c1. The van der Waals surface area contributed by atoms with E-state index in [1.165, 1.54) is 4.68 Å². The third-order valence-corrected chi connectivity index (χ3v) is 6.65. The first kappa shape index (κ1) is 27.2. The second-order valence-electron chi connectivity index (χ2n) is 9.19. The van der Waals surface area contributed by atoms with Gasteiger partial charge in [-0.05, 0) is 42.2 Å². The minimum absolute atomic E-state index is 0.253. The molecule has 4 aromatic rings. The summed E-state index contributed by atoms with van der Waals surface area (Å²) in [5.41, 5.74) is 2.67. The van der Waals surface area contributed by atoms with E-state index in [-0.39, 0.29) is 5.69 Å². The number of aryl methyl sites for hydroxylation is 2. The molecule has 8 heteroatoms. The van der Waals surface area contributed by atoms with Gasteiger partial charge in [0.05, 0.1) is 17.3 Å². The number of halogens is 1. The monoisotopic (exact) mass is 533 g/mol. The lowest BCUT2D eigenvalue weighted by atomic mass is 10.0. The molecule has 7 nitrogen and oxygen atoms in total. The molecule has 4 rings (SSSR count). The summed E-state index contributed by atoms with van der Waals surface area (Å²) in [6, 6.07) is 21.7. The number of hydrogen-bond acceptors (Lipinski definition) is 4. The van der Waals surface area contributed by atoms with Crippen molar-refractivity contribution in [2.24, 2.45) is 0 Å². The van der Waals surface area contributed by atoms with Crippen molar-refractivity contribution >= 4 is 17.6 Å². The number of carbonyl (C=O) groups is 1. The van der Waals surface area contributed by atoms with Crippen molar-refractivity contribution < 1.29 is 14.6 Å². The third-order valence-electron chi connectivity index (χ3n) is 6.33. The Hall–Kier alpha value is -3.84. The largest absolute Gasteiger partial charge is 0.478 e. The zero-order valence-corrected chi connectivity index (χ0v) is 22.4. The summed E-state index contributed by atoms with van der Waals surface area (Å²) in [5.74, 6) is 0.170. The van der Waals surface area contributed by atoms with Crippen molar-refractivity contribution in [3.05, 3.63) is 111 Å². The first-order valence-electron chi connectivity index (χ1n) is 12.9. The van der Waals surface area contributed by atoms with Gasteiger partial charge in [0.1, 0.15) is 11.6 Å². The van der Waals surface area contributed by atoms with Crippen molar-refractivity contribution in [3.63, 3.8) is 0 Å². The molecule has 3 aromatic carbocycles. The van der Waals surface area contributed by atoms with Crippen LogP contribution in [0.1, 0.15) is 61.7 Å². The smallest absolute Gasteiger partial charge is 0.351 e. The molecule has 1 heterocycles. The van der Waals surface area contributed by atoms with Gasteiger partial charge in [0.25, 0.3) is 0 Å². The lowest BCUT2D eigenvalue weighted by molar-refractivity contribution is -0.145. The number of hydrogen-bond donors (Lipinski definition) is 1. The van der Waals surface area contributed by atoms with Gasteiger partial charge < -0.3 is 9.84 Å². The summed E-state index contributed by atoms with van der Waals surface area (Å²) in [6.07, 6.45) is 3.00. The molecule has 0 aliphatic carbocycles. The Morgan fingerprint density at radius 1 is 1.00 bits per heavy atom. The fourth-order valence-electron chi connectivity index (χ4n) is 4.41. The summed E-state index contributed by atoms with van der Waals surface area (Å²) < 4.78 is 9.09. The highest BCUT2D eigenvalue weighted by Crippen LogP contribution is 2.28. The van der Waals surface area contributed by atoms with E-state index in [4.69, 9.17) is 16.3 Å². The van der Waals surface area contributed by atoms with Gasteiger partial charge in [0.15, 0.2) is 0 Å². The maximum absolute atomic E-state index is 13.5. The van der Waals surface area contributed by atoms with Gasteiger partial charge in [0.2, 0.25) is 6.10 Å². The number of para-hydroxylation sites is 1. The highest BCUT2D eigenvalue weighted by atomic mass is 35.5. The van der Waals surface area contributed by atoms with Crippen molar-refractivity contribution in [1.82, 2.24) is 14.3 Å². The minimum atomic E-state index is -1.12. The second kappa shape index (κ2) is 12.6. The van der Waals surface area contributed by atoms with Crippen molar-refractivity contribution in [3.8, 4) is 11.4 Å². The van der Waals surface area contributed by atoms with E-state index in [1.54, 1.807) is 47.0 Å². The molecule has 0 aliphatic rings. The average Bonchev–Trinajstić information content (AvgIpc) is 3.22. The van der Waals surface area contributed by atoms with Crippen LogP contribution in [0.4, 0.5) is 0 Å². The van der Waals surface area contributed by atoms with Crippen molar-refractivity contribution in [2.45, 2.75) is 58.6 Å². The van der Waals surface area contributed by atoms with E-state index < -0.39 is 12.1 Å². The lowest BCUT2D eigenvalue weighted by Crippen LogP contribution is -2.25. The van der Waals surface area contributed by atoms with Gasteiger partial charge in [-0.3, -0.25) is 4.57 Å². The molecular formula is C30H32ClN3O4. The molecule has 1 N–H and O–H groups in total. The molecule has 1 aromatic heterocycles. The van der Waals surface area contributed by atoms with Crippen LogP contribution in [0.2, 0.25) is 5.02 Å². The standard InChI is InChI=1S/C30H32ClN3O4/c1-3-5-16-27-32-34(25-15-10-9-14-24(25)31)30(37)33(27)20-21-17-18-26(23(19-21)11-4-2)38-28(29(35)36)22-12-7-6-8-13-22/h6-10,12-15,17-19,28H,3-5,11,16,20H2,1-2H3,(H,35,36). The predicted molar refractivity (Wildman–Crippen MR) is 148 cm³/mol. The molecule has 0 amide bonds. The topological polar surface area (TPSA) is 86.4 Å². The molecule has 0 bridgehead atoms. The van der Waals surface area contributed by atoms with Gasteiger partial charge in [-0.25, -0.2) is 9.59 Å². The van der Waals surface area contributed by atoms with E-state index in [9.17, 15) is 14.7 Å². The molecule has 0 fully saturated rings. The molecule has 38 heavy (non-hydrogen) atoms. The first-order chi connectivity index (χ1) is 18.4. The lowest BCUT2D eigenvalue weighted by Gasteiger charge is -2.19. The molecule has 1 unspecified atom stereocenters. The van der Waals surface area contributed by atoms with Crippen molar-refractivity contribution in [1.29, 1.82) is 0 Å². The zero-order chi connectivity index (χ0) is 27.1. The number of rotatable bonds is 12. The van der Waals surface area contributed by atoms with Crippen LogP contribution in [0.3, 0.4) is 0 Å². The summed E-state index contributed by atoms with van der Waals surface area (Å²) in [4.78, 5) is 25.5. The molecule has 0 radical (unpaired) electrons. The Balaban J connectivity index is 1.68. The highest BCUT2D eigenvalue weighted by molar-refractivity contribution is 6.32. The summed E-state index contributed by atoms with van der Waals surface area (Å²) in [6.45, 7) is 4.49.